The number of pyridine rings is 2. The minimum absolute atomic E-state index is 0.0595. The molecule has 0 radical (unpaired) electrons. The van der Waals surface area contributed by atoms with Gasteiger partial charge < -0.3 is 14.4 Å². The molecule has 1 saturated carbocycles. The molecule has 180 valence electrons. The molecule has 0 N–H and O–H groups in total. The largest absolute Gasteiger partial charge is 0.338 e. The monoisotopic (exact) mass is 470 g/mol. The van der Waals surface area contributed by atoms with E-state index in [0.29, 0.717) is 35.8 Å². The molecule has 8 nitrogen and oxygen atoms in total. The normalized spacial score (nSPS) is 23.2. The molecule has 0 aromatic carbocycles. The lowest BCUT2D eigenvalue weighted by molar-refractivity contribution is -0.118. The Morgan fingerprint density at radius 1 is 1.32 bits per heavy atom. The van der Waals surface area contributed by atoms with Crippen molar-refractivity contribution in [1.29, 1.82) is 0 Å². The lowest BCUT2D eigenvalue weighted by atomic mass is 10.0. The third-order valence-corrected chi connectivity index (χ3v) is 7.01. The SMILES string of the molecule is CCN(C=O)/N=c1/cc(N2CC3CC3c3cc(C(=O)N4CCC(F)(F)CC4)cnc32)ccn1C. The lowest BCUT2D eigenvalue weighted by Gasteiger charge is -2.33. The molecule has 2 amide bonds. The molecule has 0 bridgehead atoms. The van der Waals surface area contributed by atoms with Gasteiger partial charge in [0.05, 0.1) is 5.56 Å². The zero-order valence-electron chi connectivity index (χ0n) is 19.3. The van der Waals surface area contributed by atoms with Crippen LogP contribution in [0.4, 0.5) is 20.3 Å². The summed E-state index contributed by atoms with van der Waals surface area (Å²) in [5.41, 5.74) is 3.03. The summed E-state index contributed by atoms with van der Waals surface area (Å²) in [6.45, 7) is 3.26. The predicted octanol–water partition coefficient (Wildman–Crippen LogP) is 2.84. The molecule has 3 aliphatic rings. The molecule has 2 unspecified atom stereocenters. The molecule has 5 rings (SSSR count). The van der Waals surface area contributed by atoms with Crippen LogP contribution in [-0.2, 0) is 11.8 Å². The van der Waals surface area contributed by atoms with Crippen molar-refractivity contribution in [3.05, 3.63) is 47.2 Å². The maximum Gasteiger partial charge on any atom is 0.255 e. The Labute approximate surface area is 196 Å². The number of rotatable bonds is 5. The second kappa shape index (κ2) is 8.48. The van der Waals surface area contributed by atoms with Gasteiger partial charge in [0, 0.05) is 70.2 Å². The number of halogens is 2. The second-order valence-corrected chi connectivity index (χ2v) is 9.31. The van der Waals surface area contributed by atoms with Gasteiger partial charge in [0.25, 0.3) is 11.8 Å². The van der Waals surface area contributed by atoms with Gasteiger partial charge in [0.15, 0.2) is 5.49 Å². The first-order valence-electron chi connectivity index (χ1n) is 11.7. The summed E-state index contributed by atoms with van der Waals surface area (Å²) >= 11 is 0. The summed E-state index contributed by atoms with van der Waals surface area (Å²) in [5.74, 6) is -1.27. The third kappa shape index (κ3) is 4.17. The topological polar surface area (TPSA) is 74.0 Å². The van der Waals surface area contributed by atoms with E-state index in [1.54, 1.807) is 6.20 Å². The number of carbonyl (C=O) groups excluding carboxylic acids is 2. The van der Waals surface area contributed by atoms with Gasteiger partial charge in [-0.05, 0) is 42.9 Å². The van der Waals surface area contributed by atoms with E-state index in [0.717, 1.165) is 30.0 Å². The standard InChI is InChI=1S/C24H28F2N6O2/c1-3-31(15-33)28-21-12-18(4-7-29(21)2)32-14-17-11-19(17)20-10-16(13-27-22(20)32)23(34)30-8-5-24(25,26)6-9-30/h4,7,10,12-13,15,17,19H,3,5-6,8-9,11,14H2,1-2H3/b28-21-. The van der Waals surface area contributed by atoms with Gasteiger partial charge in [0.1, 0.15) is 5.82 Å². The molecule has 34 heavy (non-hydrogen) atoms. The van der Waals surface area contributed by atoms with Crippen molar-refractivity contribution >= 4 is 23.8 Å². The summed E-state index contributed by atoms with van der Waals surface area (Å²) in [5, 5.41) is 5.75. The number of hydrogen-bond donors (Lipinski definition) is 0. The van der Waals surface area contributed by atoms with E-state index in [1.807, 2.05) is 42.9 Å². The number of alkyl halides is 2. The van der Waals surface area contributed by atoms with E-state index in [4.69, 9.17) is 0 Å². The van der Waals surface area contributed by atoms with Gasteiger partial charge in [0.2, 0.25) is 6.41 Å². The first kappa shape index (κ1) is 22.5. The van der Waals surface area contributed by atoms with Crippen molar-refractivity contribution in [2.45, 2.75) is 38.0 Å². The van der Waals surface area contributed by atoms with E-state index < -0.39 is 5.92 Å². The van der Waals surface area contributed by atoms with Crippen LogP contribution in [-0.4, -0.2) is 63.9 Å². The summed E-state index contributed by atoms with van der Waals surface area (Å²) in [4.78, 5) is 32.5. The summed E-state index contributed by atoms with van der Waals surface area (Å²) in [7, 11) is 1.87. The van der Waals surface area contributed by atoms with Crippen LogP contribution >= 0.6 is 0 Å². The van der Waals surface area contributed by atoms with Crippen molar-refractivity contribution in [2.75, 3.05) is 31.1 Å². The van der Waals surface area contributed by atoms with Crippen LogP contribution < -0.4 is 10.4 Å². The highest BCUT2D eigenvalue weighted by molar-refractivity contribution is 5.94. The van der Waals surface area contributed by atoms with Crippen molar-refractivity contribution in [3.63, 3.8) is 0 Å². The molecule has 2 fully saturated rings. The number of amides is 2. The fourth-order valence-corrected chi connectivity index (χ4v) is 4.80. The number of aromatic nitrogens is 2. The van der Waals surface area contributed by atoms with Crippen molar-refractivity contribution in [2.24, 2.45) is 18.1 Å². The number of anilines is 2. The lowest BCUT2D eigenvalue weighted by Crippen LogP contribution is -2.42. The van der Waals surface area contributed by atoms with Gasteiger partial charge in [-0.2, -0.15) is 5.10 Å². The van der Waals surface area contributed by atoms with E-state index in [2.05, 4.69) is 15.0 Å². The van der Waals surface area contributed by atoms with Gasteiger partial charge in [-0.1, -0.05) is 0 Å². The number of carbonyl (C=O) groups is 2. The predicted molar refractivity (Wildman–Crippen MR) is 122 cm³/mol. The number of piperidine rings is 1. The van der Waals surface area contributed by atoms with Crippen LogP contribution in [0, 0.1) is 5.92 Å². The van der Waals surface area contributed by atoms with Gasteiger partial charge >= 0.3 is 0 Å². The zero-order valence-corrected chi connectivity index (χ0v) is 19.3. The molecule has 0 spiro atoms. The Kier molecular flexibility index (Phi) is 5.61. The highest BCUT2D eigenvalue weighted by Gasteiger charge is 2.46. The number of aryl methyl sites for hydroxylation is 1. The average Bonchev–Trinajstić information content (AvgIpc) is 3.62. The Bertz CT molecular complexity index is 1190. The Morgan fingerprint density at radius 3 is 2.79 bits per heavy atom. The first-order valence-corrected chi connectivity index (χ1v) is 11.7. The zero-order chi connectivity index (χ0) is 24.0. The van der Waals surface area contributed by atoms with Crippen molar-refractivity contribution in [1.82, 2.24) is 19.5 Å². The number of nitrogens with zero attached hydrogens (tertiary/aromatic N) is 6. The quantitative estimate of drug-likeness (QED) is 0.498. The van der Waals surface area contributed by atoms with E-state index >= 15 is 0 Å². The van der Waals surface area contributed by atoms with Crippen LogP contribution in [0.5, 0.6) is 0 Å². The number of likely N-dealkylation sites (tertiary alicyclic amines) is 1. The molecule has 1 aliphatic carbocycles. The Hall–Kier alpha value is -3.30. The summed E-state index contributed by atoms with van der Waals surface area (Å²) < 4.78 is 28.9. The number of hydrogen-bond acceptors (Lipinski definition) is 5. The minimum atomic E-state index is -2.69. The molecule has 2 atom stereocenters. The molecule has 2 aliphatic heterocycles. The molecule has 2 aromatic rings. The van der Waals surface area contributed by atoms with E-state index in [9.17, 15) is 18.4 Å². The molecule has 2 aromatic heterocycles. The van der Waals surface area contributed by atoms with E-state index in [1.165, 1.54) is 9.91 Å². The van der Waals surface area contributed by atoms with E-state index in [-0.39, 0.29) is 31.8 Å². The average molecular weight is 471 g/mol. The van der Waals surface area contributed by atoms with Crippen molar-refractivity contribution in [3.8, 4) is 0 Å². The molecule has 10 heteroatoms. The summed E-state index contributed by atoms with van der Waals surface area (Å²) in [6, 6.07) is 5.80. The maximum atomic E-state index is 13.5. The maximum absolute atomic E-state index is 13.5. The van der Waals surface area contributed by atoms with Crippen LogP contribution in [0.1, 0.15) is 48.0 Å². The highest BCUT2D eigenvalue weighted by atomic mass is 19.3. The van der Waals surface area contributed by atoms with Crippen LogP contribution in [0.3, 0.4) is 0 Å². The van der Waals surface area contributed by atoms with Crippen LogP contribution in [0.15, 0.2) is 35.7 Å². The number of fused-ring (bicyclic) bond motifs is 3. The summed E-state index contributed by atoms with van der Waals surface area (Å²) in [6.07, 6.45) is 4.59. The van der Waals surface area contributed by atoms with Crippen molar-refractivity contribution < 1.29 is 18.4 Å². The molecular formula is C24H28F2N6O2. The Morgan fingerprint density at radius 2 is 2.09 bits per heavy atom. The van der Waals surface area contributed by atoms with Gasteiger partial charge in [-0.3, -0.25) is 9.59 Å². The molecular weight excluding hydrogens is 442 g/mol. The third-order valence-electron chi connectivity index (χ3n) is 7.01. The van der Waals surface area contributed by atoms with Gasteiger partial charge in [-0.15, -0.1) is 0 Å². The smallest absolute Gasteiger partial charge is 0.255 e. The van der Waals surface area contributed by atoms with Gasteiger partial charge in [-0.25, -0.2) is 18.8 Å². The Balaban J connectivity index is 1.45. The van der Waals surface area contributed by atoms with Crippen LogP contribution in [0.25, 0.3) is 0 Å². The molecule has 4 heterocycles. The highest BCUT2D eigenvalue weighted by Crippen LogP contribution is 2.55. The first-order chi connectivity index (χ1) is 16.3. The van der Waals surface area contributed by atoms with Crippen LogP contribution in [0.2, 0.25) is 0 Å². The minimum Gasteiger partial charge on any atom is -0.338 e. The fraction of sp³-hybridized carbons (Fsp3) is 0.500. The fourth-order valence-electron chi connectivity index (χ4n) is 4.80. The molecule has 1 saturated heterocycles. The second-order valence-electron chi connectivity index (χ2n) is 9.31.